The van der Waals surface area contributed by atoms with Crippen LogP contribution in [0.25, 0.3) is 0 Å². The molecule has 4 rings (SSSR count). The first-order valence-electron chi connectivity index (χ1n) is 12.1. The van der Waals surface area contributed by atoms with Gasteiger partial charge in [-0.2, -0.15) is 10.1 Å². The molecule has 1 saturated heterocycles. The van der Waals surface area contributed by atoms with Crippen LogP contribution in [0, 0.1) is 0 Å². The van der Waals surface area contributed by atoms with Crippen molar-refractivity contribution in [2.75, 3.05) is 12.4 Å². The largest absolute Gasteiger partial charge is 0.408 e. The molecular formula is C25H34N6O5Si. The molecular weight excluding hydrogens is 492 g/mol. The van der Waals surface area contributed by atoms with Crippen LogP contribution in [0.2, 0.25) is 18.1 Å². The van der Waals surface area contributed by atoms with E-state index >= 15 is 0 Å². The third-order valence-electron chi connectivity index (χ3n) is 7.01. The minimum atomic E-state index is -2.23. The number of hydrogen-bond acceptors (Lipinski definition) is 8. The second-order valence-electron chi connectivity index (χ2n) is 10.5. The van der Waals surface area contributed by atoms with Crippen LogP contribution in [0.1, 0.15) is 37.4 Å². The van der Waals surface area contributed by atoms with Crippen molar-refractivity contribution in [2.45, 2.75) is 70.0 Å². The highest BCUT2D eigenvalue weighted by Gasteiger charge is 2.51. The standard InChI is InChI=1S/C25H34N6O5Si/c1-25(2,3)37(5,6)36-20-18(14-30-16-26-15-27-30)35-23(21(20)34-4)31-13-12-19(29-24(31)33)28-22(32)17-10-8-7-9-11-17/h7-13,15-16,18,20-21,23H,14H2,1-6H3,(H,28,29,32,33)/t18-,20-,21-,23-/m1/s1. The molecule has 2 aromatic heterocycles. The number of benzene rings is 1. The summed E-state index contributed by atoms with van der Waals surface area (Å²) >= 11 is 0. The van der Waals surface area contributed by atoms with E-state index in [1.807, 2.05) is 6.07 Å². The molecule has 0 radical (unpaired) electrons. The van der Waals surface area contributed by atoms with Gasteiger partial charge in [0, 0.05) is 18.9 Å². The van der Waals surface area contributed by atoms with Gasteiger partial charge in [-0.25, -0.2) is 9.78 Å². The summed E-state index contributed by atoms with van der Waals surface area (Å²) in [6.07, 6.45) is 2.35. The Bertz CT molecular complexity index is 1260. The highest BCUT2D eigenvalue weighted by molar-refractivity contribution is 6.74. The van der Waals surface area contributed by atoms with Crippen LogP contribution >= 0.6 is 0 Å². The van der Waals surface area contributed by atoms with Crippen molar-refractivity contribution in [3.05, 3.63) is 71.3 Å². The lowest BCUT2D eigenvalue weighted by molar-refractivity contribution is -0.0563. The smallest absolute Gasteiger partial charge is 0.351 e. The Labute approximate surface area is 216 Å². The fourth-order valence-corrected chi connectivity index (χ4v) is 5.27. The highest BCUT2D eigenvalue weighted by atomic mass is 28.4. The second-order valence-corrected chi connectivity index (χ2v) is 15.3. The first-order chi connectivity index (χ1) is 17.5. The molecule has 3 heterocycles. The lowest BCUT2D eigenvalue weighted by Crippen LogP contribution is -2.50. The van der Waals surface area contributed by atoms with Gasteiger partial charge in [-0.05, 0) is 36.3 Å². The number of nitrogens with one attached hydrogen (secondary N) is 1. The average Bonchev–Trinajstić information content (AvgIpc) is 3.47. The third-order valence-corrected chi connectivity index (χ3v) is 11.5. The molecule has 1 aliphatic rings. The van der Waals surface area contributed by atoms with Gasteiger partial charge in [0.15, 0.2) is 14.5 Å². The lowest BCUT2D eigenvalue weighted by Gasteiger charge is -2.40. The molecule has 12 heteroatoms. The van der Waals surface area contributed by atoms with Gasteiger partial charge in [0.2, 0.25) is 0 Å². The van der Waals surface area contributed by atoms with Gasteiger partial charge in [-0.1, -0.05) is 39.0 Å². The normalized spacial score (nSPS) is 22.2. The fourth-order valence-electron chi connectivity index (χ4n) is 3.95. The molecule has 0 unspecified atom stereocenters. The van der Waals surface area contributed by atoms with Crippen molar-refractivity contribution in [1.29, 1.82) is 0 Å². The Morgan fingerprint density at radius 2 is 1.89 bits per heavy atom. The van der Waals surface area contributed by atoms with Crippen molar-refractivity contribution in [2.24, 2.45) is 0 Å². The van der Waals surface area contributed by atoms with Crippen LogP contribution in [0.4, 0.5) is 5.82 Å². The maximum absolute atomic E-state index is 13.1. The van der Waals surface area contributed by atoms with Gasteiger partial charge < -0.3 is 19.2 Å². The first kappa shape index (κ1) is 26.9. The molecule has 198 valence electrons. The van der Waals surface area contributed by atoms with E-state index in [-0.39, 0.29) is 16.8 Å². The number of aromatic nitrogens is 5. The number of methoxy groups -OCH3 is 1. The SMILES string of the molecule is CO[C@@H]1[C@H](O[Si](C)(C)C(C)(C)C)[C@@H](Cn2cncn2)O[C@H]1n1ccc(NC(=O)c2ccccc2)nc1=O. The minimum absolute atomic E-state index is 0.0435. The van der Waals surface area contributed by atoms with Crippen molar-refractivity contribution in [1.82, 2.24) is 24.3 Å². The summed E-state index contributed by atoms with van der Waals surface area (Å²) in [6, 6.07) is 10.3. The van der Waals surface area contributed by atoms with E-state index in [0.29, 0.717) is 12.1 Å². The van der Waals surface area contributed by atoms with Crippen molar-refractivity contribution in [3.63, 3.8) is 0 Å². The maximum Gasteiger partial charge on any atom is 0.351 e. The van der Waals surface area contributed by atoms with Crippen LogP contribution in [0.15, 0.2) is 60.0 Å². The monoisotopic (exact) mass is 526 g/mol. The summed E-state index contributed by atoms with van der Waals surface area (Å²) in [5, 5.41) is 6.83. The van der Waals surface area contributed by atoms with Crippen LogP contribution in [0.3, 0.4) is 0 Å². The Morgan fingerprint density at radius 1 is 1.16 bits per heavy atom. The predicted molar refractivity (Wildman–Crippen MR) is 140 cm³/mol. The predicted octanol–water partition coefficient (Wildman–Crippen LogP) is 3.09. The highest BCUT2D eigenvalue weighted by Crippen LogP contribution is 2.42. The molecule has 37 heavy (non-hydrogen) atoms. The molecule has 0 spiro atoms. The number of rotatable bonds is 8. The Hall–Kier alpha value is -3.19. The zero-order chi connectivity index (χ0) is 26.8. The van der Waals surface area contributed by atoms with E-state index in [9.17, 15) is 9.59 Å². The summed E-state index contributed by atoms with van der Waals surface area (Å²) in [5.41, 5.74) is -0.112. The van der Waals surface area contributed by atoms with Gasteiger partial charge in [-0.15, -0.1) is 0 Å². The van der Waals surface area contributed by atoms with Gasteiger partial charge in [0.25, 0.3) is 5.91 Å². The molecule has 11 nitrogen and oxygen atoms in total. The molecule has 1 aromatic carbocycles. The van der Waals surface area contributed by atoms with E-state index < -0.39 is 38.5 Å². The zero-order valence-electron chi connectivity index (χ0n) is 22.0. The van der Waals surface area contributed by atoms with Crippen LogP contribution in [-0.4, -0.2) is 64.0 Å². The van der Waals surface area contributed by atoms with Crippen molar-refractivity contribution < 1.29 is 18.7 Å². The fraction of sp³-hybridized carbons (Fsp3) is 0.480. The van der Waals surface area contributed by atoms with E-state index in [1.165, 1.54) is 10.9 Å². The van der Waals surface area contributed by atoms with Gasteiger partial charge >= 0.3 is 5.69 Å². The maximum atomic E-state index is 13.1. The van der Waals surface area contributed by atoms with Crippen LogP contribution < -0.4 is 11.0 Å². The Morgan fingerprint density at radius 3 is 2.49 bits per heavy atom. The van der Waals surface area contributed by atoms with Gasteiger partial charge in [0.1, 0.15) is 36.8 Å². The number of carbonyl (C=O) groups is 1. The van der Waals surface area contributed by atoms with Crippen LogP contribution in [-0.2, 0) is 20.4 Å². The van der Waals surface area contributed by atoms with Crippen molar-refractivity contribution >= 4 is 20.0 Å². The molecule has 1 fully saturated rings. The number of amides is 1. The minimum Gasteiger partial charge on any atom is -0.408 e. The quantitative estimate of drug-likeness (QED) is 0.444. The summed E-state index contributed by atoms with van der Waals surface area (Å²) in [7, 11) is -0.653. The molecule has 1 N–H and O–H groups in total. The first-order valence-corrected chi connectivity index (χ1v) is 15.0. The lowest BCUT2D eigenvalue weighted by atomic mass is 10.1. The van der Waals surface area contributed by atoms with Gasteiger partial charge in [-0.3, -0.25) is 14.0 Å². The molecule has 0 aliphatic carbocycles. The summed E-state index contributed by atoms with van der Waals surface area (Å²) in [5.74, 6) is -0.205. The number of hydrogen-bond donors (Lipinski definition) is 1. The summed E-state index contributed by atoms with van der Waals surface area (Å²) in [4.78, 5) is 33.7. The van der Waals surface area contributed by atoms with E-state index in [0.717, 1.165) is 0 Å². The molecule has 1 aliphatic heterocycles. The molecule has 1 amide bonds. The Kier molecular flexibility index (Phi) is 7.74. The Balaban J connectivity index is 1.61. The van der Waals surface area contributed by atoms with Gasteiger partial charge in [0.05, 0.1) is 6.54 Å². The molecule has 3 aromatic rings. The number of anilines is 1. The van der Waals surface area contributed by atoms with E-state index in [1.54, 1.807) is 54.6 Å². The van der Waals surface area contributed by atoms with E-state index in [4.69, 9.17) is 13.9 Å². The summed E-state index contributed by atoms with van der Waals surface area (Å²) < 4.78 is 22.1. The topological polar surface area (TPSA) is 122 Å². The molecule has 0 saturated carbocycles. The summed E-state index contributed by atoms with van der Waals surface area (Å²) in [6.45, 7) is 11.2. The van der Waals surface area contributed by atoms with E-state index in [2.05, 4.69) is 54.2 Å². The molecule has 4 atom stereocenters. The second kappa shape index (κ2) is 10.7. The van der Waals surface area contributed by atoms with Crippen LogP contribution in [0.5, 0.6) is 0 Å². The number of nitrogens with zero attached hydrogens (tertiary/aromatic N) is 5. The zero-order valence-corrected chi connectivity index (χ0v) is 23.0. The number of ether oxygens (including phenoxy) is 2. The third kappa shape index (κ3) is 5.87. The molecule has 0 bridgehead atoms. The average molecular weight is 527 g/mol. The number of carbonyl (C=O) groups excluding carboxylic acids is 1. The van der Waals surface area contributed by atoms with Crippen molar-refractivity contribution in [3.8, 4) is 0 Å².